The fourth-order valence-corrected chi connectivity index (χ4v) is 2.00. The molecule has 98 valence electrons. The zero-order valence-electron chi connectivity index (χ0n) is 12.6. The number of hydrogen-bond donors (Lipinski definition) is 0. The summed E-state index contributed by atoms with van der Waals surface area (Å²) in [7, 11) is 1.77. The van der Waals surface area contributed by atoms with Gasteiger partial charge in [0.25, 0.3) is 0 Å². The van der Waals surface area contributed by atoms with Crippen LogP contribution in [-0.2, 0) is 9.47 Å². The molecule has 0 bridgehead atoms. The zero-order valence-corrected chi connectivity index (χ0v) is 12.6. The summed E-state index contributed by atoms with van der Waals surface area (Å²) in [4.78, 5) is 0. The van der Waals surface area contributed by atoms with Gasteiger partial charge in [-0.3, -0.25) is 0 Å². The lowest BCUT2D eigenvalue weighted by molar-refractivity contribution is -0.122. The van der Waals surface area contributed by atoms with E-state index in [-0.39, 0.29) is 22.7 Å². The molecule has 0 aromatic rings. The average Bonchev–Trinajstić information content (AvgIpc) is 1.99. The van der Waals surface area contributed by atoms with Crippen LogP contribution in [0.3, 0.4) is 0 Å². The van der Waals surface area contributed by atoms with Crippen LogP contribution in [0.5, 0.6) is 0 Å². The van der Waals surface area contributed by atoms with Gasteiger partial charge in [0, 0.05) is 7.11 Å². The second-order valence-corrected chi connectivity index (χ2v) is 7.00. The predicted octanol–water partition coefficient (Wildman–Crippen LogP) is 4.03. The average molecular weight is 230 g/mol. The van der Waals surface area contributed by atoms with Crippen LogP contribution >= 0.6 is 0 Å². The van der Waals surface area contributed by atoms with Crippen molar-refractivity contribution in [3.05, 3.63) is 0 Å². The molecule has 16 heavy (non-hydrogen) atoms. The Bertz CT molecular complexity index is 211. The maximum Gasteiger partial charge on any atom is 0.0628 e. The van der Waals surface area contributed by atoms with Gasteiger partial charge in [0.15, 0.2) is 0 Å². The van der Waals surface area contributed by atoms with Crippen molar-refractivity contribution in [1.82, 2.24) is 0 Å². The van der Waals surface area contributed by atoms with E-state index < -0.39 is 0 Å². The van der Waals surface area contributed by atoms with E-state index in [9.17, 15) is 0 Å². The van der Waals surface area contributed by atoms with E-state index in [1.165, 1.54) is 0 Å². The van der Waals surface area contributed by atoms with Crippen LogP contribution in [0, 0.1) is 5.41 Å². The van der Waals surface area contributed by atoms with Gasteiger partial charge in [-0.05, 0) is 53.4 Å². The topological polar surface area (TPSA) is 18.5 Å². The minimum atomic E-state index is -0.0982. The molecule has 0 aromatic heterocycles. The first-order valence-corrected chi connectivity index (χ1v) is 6.13. The molecule has 0 saturated carbocycles. The van der Waals surface area contributed by atoms with Crippen molar-refractivity contribution in [2.45, 2.75) is 79.1 Å². The second kappa shape index (κ2) is 5.05. The first-order chi connectivity index (χ1) is 6.90. The van der Waals surface area contributed by atoms with Crippen LogP contribution in [0.1, 0.15) is 61.8 Å². The molecule has 1 atom stereocenters. The fourth-order valence-electron chi connectivity index (χ4n) is 2.00. The van der Waals surface area contributed by atoms with E-state index in [0.717, 1.165) is 6.42 Å². The van der Waals surface area contributed by atoms with Gasteiger partial charge in [-0.15, -0.1) is 0 Å². The van der Waals surface area contributed by atoms with E-state index in [0.29, 0.717) is 0 Å². The van der Waals surface area contributed by atoms with Crippen LogP contribution in [0.15, 0.2) is 0 Å². The third-order valence-electron chi connectivity index (χ3n) is 3.06. The lowest BCUT2D eigenvalue weighted by Crippen LogP contribution is -2.41. The van der Waals surface area contributed by atoms with Gasteiger partial charge in [-0.25, -0.2) is 0 Å². The standard InChI is InChI=1S/C14H30O2/c1-11(16-12(2,3)4)13(5,6)10-14(7,8)15-9/h11H,10H2,1-9H3. The first-order valence-electron chi connectivity index (χ1n) is 6.13. The number of methoxy groups -OCH3 is 1. The summed E-state index contributed by atoms with van der Waals surface area (Å²) in [5.74, 6) is 0. The predicted molar refractivity (Wildman–Crippen MR) is 69.8 cm³/mol. The summed E-state index contributed by atoms with van der Waals surface area (Å²) in [6.07, 6.45) is 1.19. The van der Waals surface area contributed by atoms with Crippen molar-refractivity contribution in [3.63, 3.8) is 0 Å². The maximum absolute atomic E-state index is 6.04. The van der Waals surface area contributed by atoms with Gasteiger partial charge < -0.3 is 9.47 Å². The molecular weight excluding hydrogens is 200 g/mol. The molecule has 2 nitrogen and oxygen atoms in total. The summed E-state index contributed by atoms with van der Waals surface area (Å²) >= 11 is 0. The second-order valence-electron chi connectivity index (χ2n) is 7.00. The van der Waals surface area contributed by atoms with Crippen LogP contribution in [0.2, 0.25) is 0 Å². The van der Waals surface area contributed by atoms with Crippen LogP contribution < -0.4 is 0 Å². The molecule has 1 unspecified atom stereocenters. The number of ether oxygens (including phenoxy) is 2. The van der Waals surface area contributed by atoms with Crippen LogP contribution in [0.4, 0.5) is 0 Å². The van der Waals surface area contributed by atoms with E-state index in [2.05, 4.69) is 55.4 Å². The quantitative estimate of drug-likeness (QED) is 0.710. The molecule has 2 heteroatoms. The Labute approximate surface area is 102 Å². The Balaban J connectivity index is 4.54. The summed E-state index contributed by atoms with van der Waals surface area (Å²) in [5.41, 5.74) is -0.0836. The highest BCUT2D eigenvalue weighted by Crippen LogP contribution is 2.35. The van der Waals surface area contributed by atoms with Crippen molar-refractivity contribution in [2.24, 2.45) is 5.41 Å². The molecule has 0 saturated heterocycles. The van der Waals surface area contributed by atoms with Crippen LogP contribution in [-0.4, -0.2) is 24.4 Å². The maximum atomic E-state index is 6.04. The molecule has 0 heterocycles. The normalized spacial score (nSPS) is 16.3. The van der Waals surface area contributed by atoms with Gasteiger partial charge in [-0.1, -0.05) is 13.8 Å². The third kappa shape index (κ3) is 5.86. The molecule has 0 rings (SSSR count). The SMILES string of the molecule is COC(C)(C)CC(C)(C)C(C)OC(C)(C)C. The van der Waals surface area contributed by atoms with E-state index in [1.807, 2.05) is 0 Å². The van der Waals surface area contributed by atoms with E-state index >= 15 is 0 Å². The fraction of sp³-hybridized carbons (Fsp3) is 1.00. The van der Waals surface area contributed by atoms with Crippen molar-refractivity contribution < 1.29 is 9.47 Å². The van der Waals surface area contributed by atoms with Gasteiger partial charge >= 0.3 is 0 Å². The monoisotopic (exact) mass is 230 g/mol. The van der Waals surface area contributed by atoms with Crippen molar-refractivity contribution in [2.75, 3.05) is 7.11 Å². The van der Waals surface area contributed by atoms with Gasteiger partial charge in [0.05, 0.1) is 17.3 Å². The molecular formula is C14H30O2. The Morgan fingerprint density at radius 2 is 1.38 bits per heavy atom. The number of rotatable bonds is 5. The minimum absolute atomic E-state index is 0.0894. The summed E-state index contributed by atoms with van der Waals surface area (Å²) < 4.78 is 11.5. The smallest absolute Gasteiger partial charge is 0.0628 e. The Hall–Kier alpha value is -0.0800. The third-order valence-corrected chi connectivity index (χ3v) is 3.06. The van der Waals surface area contributed by atoms with Gasteiger partial charge in [-0.2, -0.15) is 0 Å². The molecule has 0 aromatic carbocycles. The summed E-state index contributed by atoms with van der Waals surface area (Å²) in [5, 5.41) is 0. The van der Waals surface area contributed by atoms with Gasteiger partial charge in [0.2, 0.25) is 0 Å². The lowest BCUT2D eigenvalue weighted by atomic mass is 9.77. The molecule has 0 radical (unpaired) electrons. The zero-order chi connectivity index (χ0) is 13.2. The Morgan fingerprint density at radius 1 is 0.938 bits per heavy atom. The minimum Gasteiger partial charge on any atom is -0.379 e. The van der Waals surface area contributed by atoms with E-state index in [1.54, 1.807) is 7.11 Å². The Morgan fingerprint density at radius 3 is 1.69 bits per heavy atom. The molecule has 0 fully saturated rings. The largest absolute Gasteiger partial charge is 0.379 e. The molecule has 0 spiro atoms. The molecule has 0 N–H and O–H groups in total. The lowest BCUT2D eigenvalue weighted by Gasteiger charge is -2.40. The number of hydrogen-bond acceptors (Lipinski definition) is 2. The van der Waals surface area contributed by atoms with E-state index in [4.69, 9.17) is 9.47 Å². The summed E-state index contributed by atoms with van der Waals surface area (Å²) in [6.45, 7) is 17.2. The highest BCUT2D eigenvalue weighted by Gasteiger charge is 2.35. The van der Waals surface area contributed by atoms with Crippen molar-refractivity contribution in [1.29, 1.82) is 0 Å². The molecule has 0 aliphatic rings. The highest BCUT2D eigenvalue weighted by molar-refractivity contribution is 4.85. The molecule has 0 amide bonds. The highest BCUT2D eigenvalue weighted by atomic mass is 16.5. The summed E-state index contributed by atoms with van der Waals surface area (Å²) in [6, 6.07) is 0. The Kier molecular flexibility index (Phi) is 5.03. The first kappa shape index (κ1) is 15.9. The van der Waals surface area contributed by atoms with Crippen LogP contribution in [0.25, 0.3) is 0 Å². The van der Waals surface area contributed by atoms with Crippen molar-refractivity contribution >= 4 is 0 Å². The molecule has 0 aliphatic heterocycles. The molecule has 0 aliphatic carbocycles. The van der Waals surface area contributed by atoms with Gasteiger partial charge in [0.1, 0.15) is 0 Å². The van der Waals surface area contributed by atoms with Crippen molar-refractivity contribution in [3.8, 4) is 0 Å².